The normalized spacial score (nSPS) is 18.9. The van der Waals surface area contributed by atoms with Gasteiger partial charge in [0.15, 0.2) is 0 Å². The van der Waals surface area contributed by atoms with Crippen LogP contribution in [0.1, 0.15) is 26.8 Å². The van der Waals surface area contributed by atoms with Gasteiger partial charge in [-0.25, -0.2) is 4.98 Å². The van der Waals surface area contributed by atoms with E-state index in [0.29, 0.717) is 24.6 Å². The SMILES string of the molecule is COC(=O)CC1CN(C(=O)c2sc(C)nc2C)CCO1. The number of methoxy groups -OCH3 is 1. The van der Waals surface area contributed by atoms with Crippen LogP contribution >= 0.6 is 11.3 Å². The standard InChI is InChI=1S/C13H18N2O4S/c1-8-12(20-9(2)14-8)13(17)15-4-5-19-10(7-15)6-11(16)18-3/h10H,4-7H2,1-3H3. The summed E-state index contributed by atoms with van der Waals surface area (Å²) in [5.41, 5.74) is 0.758. The summed E-state index contributed by atoms with van der Waals surface area (Å²) in [6.45, 7) is 5.10. The van der Waals surface area contributed by atoms with Crippen molar-refractivity contribution >= 4 is 23.2 Å². The molecule has 0 saturated carbocycles. The maximum atomic E-state index is 12.5. The molecule has 0 bridgehead atoms. The molecule has 1 fully saturated rings. The maximum Gasteiger partial charge on any atom is 0.308 e. The Labute approximate surface area is 121 Å². The number of aromatic nitrogens is 1. The first kappa shape index (κ1) is 14.9. The van der Waals surface area contributed by atoms with Crippen LogP contribution in [-0.4, -0.2) is 54.7 Å². The summed E-state index contributed by atoms with van der Waals surface area (Å²) in [4.78, 5) is 30.4. The molecule has 1 aromatic heterocycles. The van der Waals surface area contributed by atoms with Gasteiger partial charge in [-0.15, -0.1) is 11.3 Å². The molecule has 0 aromatic carbocycles. The average Bonchev–Trinajstić information content (AvgIpc) is 2.77. The van der Waals surface area contributed by atoms with E-state index in [-0.39, 0.29) is 24.4 Å². The summed E-state index contributed by atoms with van der Waals surface area (Å²) >= 11 is 1.40. The van der Waals surface area contributed by atoms with Gasteiger partial charge in [0, 0.05) is 13.1 Å². The summed E-state index contributed by atoms with van der Waals surface area (Å²) in [6, 6.07) is 0. The van der Waals surface area contributed by atoms with Crippen LogP contribution in [0, 0.1) is 13.8 Å². The van der Waals surface area contributed by atoms with Crippen molar-refractivity contribution in [1.29, 1.82) is 0 Å². The Morgan fingerprint density at radius 2 is 2.25 bits per heavy atom. The average molecular weight is 298 g/mol. The molecular formula is C13H18N2O4S. The van der Waals surface area contributed by atoms with E-state index in [1.54, 1.807) is 4.90 Å². The zero-order valence-corrected chi connectivity index (χ0v) is 12.7. The van der Waals surface area contributed by atoms with Gasteiger partial charge in [0.25, 0.3) is 5.91 Å². The van der Waals surface area contributed by atoms with Gasteiger partial charge >= 0.3 is 5.97 Å². The third kappa shape index (κ3) is 3.34. The molecule has 0 radical (unpaired) electrons. The highest BCUT2D eigenvalue weighted by Crippen LogP contribution is 2.21. The lowest BCUT2D eigenvalue weighted by Crippen LogP contribution is -2.46. The molecule has 1 unspecified atom stereocenters. The smallest absolute Gasteiger partial charge is 0.308 e. The van der Waals surface area contributed by atoms with Crippen molar-refractivity contribution in [2.45, 2.75) is 26.4 Å². The van der Waals surface area contributed by atoms with Gasteiger partial charge < -0.3 is 14.4 Å². The number of morpholine rings is 1. The number of aryl methyl sites for hydroxylation is 2. The van der Waals surface area contributed by atoms with E-state index in [9.17, 15) is 9.59 Å². The first-order chi connectivity index (χ1) is 9.51. The Morgan fingerprint density at radius 3 is 2.85 bits per heavy atom. The van der Waals surface area contributed by atoms with Crippen molar-refractivity contribution in [3.05, 3.63) is 15.6 Å². The number of nitrogens with zero attached hydrogens (tertiary/aromatic N) is 2. The molecule has 2 rings (SSSR count). The predicted octanol–water partition coefficient (Wildman–Crippen LogP) is 1.16. The van der Waals surface area contributed by atoms with E-state index in [4.69, 9.17) is 4.74 Å². The third-order valence-electron chi connectivity index (χ3n) is 3.15. The molecule has 1 saturated heterocycles. The number of rotatable bonds is 3. The fraction of sp³-hybridized carbons (Fsp3) is 0.615. The van der Waals surface area contributed by atoms with E-state index < -0.39 is 0 Å². The largest absolute Gasteiger partial charge is 0.469 e. The Balaban J connectivity index is 2.03. The number of ether oxygens (including phenoxy) is 2. The predicted molar refractivity (Wildman–Crippen MR) is 73.9 cm³/mol. The summed E-state index contributed by atoms with van der Waals surface area (Å²) in [5, 5.41) is 0.880. The Bertz CT molecular complexity index is 514. The van der Waals surface area contributed by atoms with Gasteiger partial charge in [-0.1, -0.05) is 0 Å². The minimum atomic E-state index is -0.325. The molecule has 20 heavy (non-hydrogen) atoms. The molecule has 1 amide bonds. The van der Waals surface area contributed by atoms with Crippen LogP contribution in [-0.2, 0) is 14.3 Å². The van der Waals surface area contributed by atoms with Gasteiger partial charge in [-0.2, -0.15) is 0 Å². The second-order valence-electron chi connectivity index (χ2n) is 4.67. The van der Waals surface area contributed by atoms with Crippen LogP contribution in [0.15, 0.2) is 0 Å². The van der Waals surface area contributed by atoms with Gasteiger partial charge in [0.05, 0.1) is 36.9 Å². The highest BCUT2D eigenvalue weighted by molar-refractivity contribution is 7.13. The van der Waals surface area contributed by atoms with E-state index in [1.165, 1.54) is 18.4 Å². The van der Waals surface area contributed by atoms with Crippen LogP contribution in [0.2, 0.25) is 0 Å². The summed E-state index contributed by atoms with van der Waals surface area (Å²) in [7, 11) is 1.34. The lowest BCUT2D eigenvalue weighted by atomic mass is 10.2. The molecular weight excluding hydrogens is 280 g/mol. The number of thiazole rings is 1. The monoisotopic (exact) mass is 298 g/mol. The van der Waals surface area contributed by atoms with E-state index in [1.807, 2.05) is 13.8 Å². The molecule has 0 spiro atoms. The number of esters is 1. The first-order valence-electron chi connectivity index (χ1n) is 6.43. The molecule has 7 heteroatoms. The van der Waals surface area contributed by atoms with Crippen molar-refractivity contribution in [3.8, 4) is 0 Å². The lowest BCUT2D eigenvalue weighted by Gasteiger charge is -2.32. The zero-order valence-electron chi connectivity index (χ0n) is 11.8. The molecule has 6 nitrogen and oxygen atoms in total. The zero-order chi connectivity index (χ0) is 14.7. The van der Waals surface area contributed by atoms with Crippen molar-refractivity contribution in [1.82, 2.24) is 9.88 Å². The molecule has 1 aliphatic heterocycles. The van der Waals surface area contributed by atoms with Crippen molar-refractivity contribution in [3.63, 3.8) is 0 Å². The second kappa shape index (κ2) is 6.32. The van der Waals surface area contributed by atoms with Gasteiger partial charge in [0.2, 0.25) is 0 Å². The number of hydrogen-bond donors (Lipinski definition) is 0. The van der Waals surface area contributed by atoms with Crippen LogP contribution in [0.3, 0.4) is 0 Å². The molecule has 0 N–H and O–H groups in total. The van der Waals surface area contributed by atoms with Gasteiger partial charge in [-0.05, 0) is 13.8 Å². The Hall–Kier alpha value is -1.47. The van der Waals surface area contributed by atoms with Crippen LogP contribution in [0.25, 0.3) is 0 Å². The highest BCUT2D eigenvalue weighted by atomic mass is 32.1. The minimum absolute atomic E-state index is 0.0359. The molecule has 0 aliphatic carbocycles. The maximum absolute atomic E-state index is 12.5. The topological polar surface area (TPSA) is 68.7 Å². The third-order valence-corrected chi connectivity index (χ3v) is 4.21. The minimum Gasteiger partial charge on any atom is -0.469 e. The van der Waals surface area contributed by atoms with Gasteiger partial charge in [-0.3, -0.25) is 9.59 Å². The number of carbonyl (C=O) groups is 2. The van der Waals surface area contributed by atoms with Gasteiger partial charge in [0.1, 0.15) is 4.88 Å². The van der Waals surface area contributed by atoms with E-state index in [0.717, 1.165) is 10.7 Å². The van der Waals surface area contributed by atoms with Crippen molar-refractivity contribution in [2.75, 3.05) is 26.8 Å². The molecule has 110 valence electrons. The summed E-state index contributed by atoms with van der Waals surface area (Å²) in [6.07, 6.45) is -0.129. The number of amides is 1. The number of hydrogen-bond acceptors (Lipinski definition) is 6. The van der Waals surface area contributed by atoms with Crippen molar-refractivity contribution in [2.24, 2.45) is 0 Å². The first-order valence-corrected chi connectivity index (χ1v) is 7.24. The molecule has 2 heterocycles. The molecule has 1 aliphatic rings. The fourth-order valence-corrected chi connectivity index (χ4v) is 3.06. The molecule has 1 aromatic rings. The Morgan fingerprint density at radius 1 is 1.50 bits per heavy atom. The van der Waals surface area contributed by atoms with Crippen LogP contribution in [0.5, 0.6) is 0 Å². The van der Waals surface area contributed by atoms with E-state index >= 15 is 0 Å². The summed E-state index contributed by atoms with van der Waals surface area (Å²) < 4.78 is 10.1. The second-order valence-corrected chi connectivity index (χ2v) is 5.87. The van der Waals surface area contributed by atoms with Crippen molar-refractivity contribution < 1.29 is 19.1 Å². The summed E-state index contributed by atoms with van der Waals surface area (Å²) in [5.74, 6) is -0.361. The Kier molecular flexibility index (Phi) is 4.72. The lowest BCUT2D eigenvalue weighted by molar-refractivity contribution is -0.145. The fourth-order valence-electron chi connectivity index (χ4n) is 2.17. The highest BCUT2D eigenvalue weighted by Gasteiger charge is 2.28. The van der Waals surface area contributed by atoms with E-state index in [2.05, 4.69) is 9.72 Å². The van der Waals surface area contributed by atoms with Crippen LogP contribution < -0.4 is 0 Å². The number of carbonyl (C=O) groups excluding carboxylic acids is 2. The quantitative estimate of drug-likeness (QED) is 0.783. The molecule has 1 atom stereocenters. The van der Waals surface area contributed by atoms with Crippen LogP contribution in [0.4, 0.5) is 0 Å².